The number of fused-ring (bicyclic) bond motifs is 2. The second kappa shape index (κ2) is 12.6. The Morgan fingerprint density at radius 3 is 1.34 bits per heavy atom. The summed E-state index contributed by atoms with van der Waals surface area (Å²) in [4.78, 5) is 28.6. The van der Waals surface area contributed by atoms with E-state index < -0.39 is 0 Å². The molecule has 4 aromatic heterocycles. The van der Waals surface area contributed by atoms with Crippen LogP contribution in [0.5, 0.6) is 0 Å². The van der Waals surface area contributed by atoms with Gasteiger partial charge in [-0.05, 0) is 47.5 Å². The molecular weight excluding hydrogens is 613 g/mol. The first-order valence-corrected chi connectivity index (χ1v) is 16.4. The molecule has 4 heterocycles. The van der Waals surface area contributed by atoms with Gasteiger partial charge in [0.15, 0.2) is 11.6 Å². The van der Waals surface area contributed by atoms with Gasteiger partial charge in [0.1, 0.15) is 5.69 Å². The Labute approximate surface area is 288 Å². The van der Waals surface area contributed by atoms with Gasteiger partial charge in [0.25, 0.3) is 0 Å². The van der Waals surface area contributed by atoms with Gasteiger partial charge in [-0.3, -0.25) is 0 Å². The van der Waals surface area contributed by atoms with Gasteiger partial charge >= 0.3 is 0 Å². The molecule has 0 saturated carbocycles. The molecule has 0 radical (unpaired) electrons. The highest BCUT2D eigenvalue weighted by atomic mass is 14.9. The topological polar surface area (TPSA) is 77.3 Å². The molecule has 0 atom stereocenters. The molecule has 234 valence electrons. The Hall–Kier alpha value is -6.92. The van der Waals surface area contributed by atoms with Crippen molar-refractivity contribution < 1.29 is 0 Å². The summed E-state index contributed by atoms with van der Waals surface area (Å²) in [5.41, 5.74) is 11.5. The number of aromatic nitrogens is 6. The van der Waals surface area contributed by atoms with Crippen LogP contribution < -0.4 is 0 Å². The van der Waals surface area contributed by atoms with Gasteiger partial charge < -0.3 is 0 Å². The van der Waals surface area contributed by atoms with Gasteiger partial charge in [-0.2, -0.15) is 0 Å². The molecule has 9 aromatic rings. The summed E-state index contributed by atoms with van der Waals surface area (Å²) in [5, 5.41) is 2.15. The van der Waals surface area contributed by atoms with Crippen molar-refractivity contribution in [2.45, 2.75) is 0 Å². The largest absolute Gasteiger partial charge is 0.248 e. The van der Waals surface area contributed by atoms with Gasteiger partial charge in [0.05, 0.1) is 28.1 Å². The summed E-state index contributed by atoms with van der Waals surface area (Å²) in [5.74, 6) is 1.31. The minimum absolute atomic E-state index is 0.612. The monoisotopic (exact) mass is 640 g/mol. The van der Waals surface area contributed by atoms with Crippen molar-refractivity contribution >= 4 is 21.8 Å². The molecule has 0 aliphatic heterocycles. The summed E-state index contributed by atoms with van der Waals surface area (Å²) in [6, 6.07) is 53.7. The summed E-state index contributed by atoms with van der Waals surface area (Å²) in [6.07, 6.45) is 3.47. The van der Waals surface area contributed by atoms with E-state index in [0.29, 0.717) is 11.6 Å². The fourth-order valence-electron chi connectivity index (χ4n) is 6.19. The molecule has 0 amide bonds. The number of hydrogen-bond acceptors (Lipinski definition) is 6. The number of hydrogen-bond donors (Lipinski definition) is 0. The Bertz CT molecular complexity index is 2570. The average Bonchev–Trinajstić information content (AvgIpc) is 3.21. The van der Waals surface area contributed by atoms with Crippen LogP contribution in [0.15, 0.2) is 170 Å². The Morgan fingerprint density at radius 2 is 0.740 bits per heavy atom. The maximum absolute atomic E-state index is 5.10. The van der Waals surface area contributed by atoms with Gasteiger partial charge in [-0.1, -0.05) is 121 Å². The molecule has 50 heavy (non-hydrogen) atoms. The summed E-state index contributed by atoms with van der Waals surface area (Å²) >= 11 is 0. The van der Waals surface area contributed by atoms with Crippen LogP contribution in [0, 0.1) is 0 Å². The number of pyridine rings is 2. The maximum Gasteiger partial charge on any atom is 0.178 e. The summed E-state index contributed by atoms with van der Waals surface area (Å²) < 4.78 is 0. The third kappa shape index (κ3) is 5.76. The Kier molecular flexibility index (Phi) is 7.37. The SMILES string of the molecule is c1ccc(-c2cc(-c3ccc(-c4ccc5ccc(-c6ccc7ccc(-c8ncccn8)nc7c6)cc5n4)cc3)nc(-c3ccccc3)n2)cc1. The smallest absolute Gasteiger partial charge is 0.178 e. The lowest BCUT2D eigenvalue weighted by Gasteiger charge is -2.10. The van der Waals surface area contributed by atoms with E-state index in [-0.39, 0.29) is 0 Å². The van der Waals surface area contributed by atoms with Crippen LogP contribution in [0.1, 0.15) is 0 Å². The molecule has 6 nitrogen and oxygen atoms in total. The molecule has 0 aliphatic rings. The number of nitrogens with zero attached hydrogens (tertiary/aromatic N) is 6. The van der Waals surface area contributed by atoms with Crippen LogP contribution in [0.2, 0.25) is 0 Å². The van der Waals surface area contributed by atoms with E-state index >= 15 is 0 Å². The third-order valence-electron chi connectivity index (χ3n) is 8.82. The van der Waals surface area contributed by atoms with Crippen LogP contribution in [0.4, 0.5) is 0 Å². The van der Waals surface area contributed by atoms with E-state index in [1.54, 1.807) is 18.5 Å². The summed E-state index contributed by atoms with van der Waals surface area (Å²) in [7, 11) is 0. The average molecular weight is 641 g/mol. The minimum Gasteiger partial charge on any atom is -0.248 e. The zero-order valence-electron chi connectivity index (χ0n) is 26.8. The van der Waals surface area contributed by atoms with Crippen LogP contribution >= 0.6 is 0 Å². The fraction of sp³-hybridized carbons (Fsp3) is 0. The van der Waals surface area contributed by atoms with Crippen molar-refractivity contribution in [3.63, 3.8) is 0 Å². The van der Waals surface area contributed by atoms with Crippen molar-refractivity contribution in [2.24, 2.45) is 0 Å². The molecular formula is C44H28N6. The highest BCUT2D eigenvalue weighted by Gasteiger charge is 2.12. The van der Waals surface area contributed by atoms with E-state index in [0.717, 1.165) is 78.0 Å². The van der Waals surface area contributed by atoms with Crippen molar-refractivity contribution in [1.82, 2.24) is 29.9 Å². The molecule has 0 N–H and O–H groups in total. The highest BCUT2D eigenvalue weighted by molar-refractivity contribution is 5.90. The van der Waals surface area contributed by atoms with Gasteiger partial charge in [-0.15, -0.1) is 0 Å². The maximum atomic E-state index is 5.10. The molecule has 6 heteroatoms. The first-order valence-electron chi connectivity index (χ1n) is 16.4. The summed E-state index contributed by atoms with van der Waals surface area (Å²) in [6.45, 7) is 0. The van der Waals surface area contributed by atoms with E-state index in [9.17, 15) is 0 Å². The molecule has 9 rings (SSSR count). The van der Waals surface area contributed by atoms with Crippen molar-refractivity contribution in [2.75, 3.05) is 0 Å². The second-order valence-electron chi connectivity index (χ2n) is 12.1. The van der Waals surface area contributed by atoms with Crippen LogP contribution in [-0.4, -0.2) is 29.9 Å². The molecule has 0 fully saturated rings. The minimum atomic E-state index is 0.612. The van der Waals surface area contributed by atoms with Crippen molar-refractivity contribution in [3.05, 3.63) is 170 Å². The van der Waals surface area contributed by atoms with E-state index in [1.165, 1.54) is 0 Å². The predicted molar refractivity (Wildman–Crippen MR) is 201 cm³/mol. The number of rotatable bonds is 6. The molecule has 0 unspecified atom stereocenters. The zero-order chi connectivity index (χ0) is 33.3. The van der Waals surface area contributed by atoms with E-state index in [1.807, 2.05) is 54.6 Å². The van der Waals surface area contributed by atoms with Gasteiger partial charge in [0, 0.05) is 45.4 Å². The lowest BCUT2D eigenvalue weighted by molar-refractivity contribution is 1.15. The van der Waals surface area contributed by atoms with Crippen LogP contribution in [-0.2, 0) is 0 Å². The lowest BCUT2D eigenvalue weighted by Crippen LogP contribution is -1.96. The molecule has 5 aromatic carbocycles. The van der Waals surface area contributed by atoms with Gasteiger partial charge in [-0.25, -0.2) is 29.9 Å². The van der Waals surface area contributed by atoms with Crippen molar-refractivity contribution in [3.8, 4) is 67.8 Å². The molecule has 0 saturated heterocycles. The zero-order valence-corrected chi connectivity index (χ0v) is 26.8. The second-order valence-corrected chi connectivity index (χ2v) is 12.1. The fourth-order valence-corrected chi connectivity index (χ4v) is 6.19. The Balaban J connectivity index is 1.04. The normalized spacial score (nSPS) is 11.2. The van der Waals surface area contributed by atoms with Crippen LogP contribution in [0.25, 0.3) is 89.6 Å². The first-order chi connectivity index (χ1) is 24.7. The number of benzene rings is 5. The van der Waals surface area contributed by atoms with E-state index in [2.05, 4.69) is 107 Å². The van der Waals surface area contributed by atoms with E-state index in [4.69, 9.17) is 19.9 Å². The molecule has 0 aliphatic carbocycles. The first kappa shape index (κ1) is 29.2. The standard InChI is InChI=1S/C44H28N6/c1-3-8-29(9-4-1)41-28-42(50-43(49-41)34-10-5-2-6-11-34)31-14-12-30(13-15-31)37-22-20-32-16-18-35(26-39(32)47-37)36-19-17-33-21-23-38(48-40(33)27-36)44-45-24-7-25-46-44/h1-28H. The van der Waals surface area contributed by atoms with Crippen LogP contribution in [0.3, 0.4) is 0 Å². The predicted octanol–water partition coefficient (Wildman–Crippen LogP) is 10.4. The van der Waals surface area contributed by atoms with Gasteiger partial charge in [0.2, 0.25) is 0 Å². The lowest BCUT2D eigenvalue weighted by atomic mass is 10.0. The molecule has 0 bridgehead atoms. The Morgan fingerprint density at radius 1 is 0.280 bits per heavy atom. The third-order valence-corrected chi connectivity index (χ3v) is 8.82. The quantitative estimate of drug-likeness (QED) is 0.180. The van der Waals surface area contributed by atoms with Crippen molar-refractivity contribution in [1.29, 1.82) is 0 Å². The molecule has 0 spiro atoms. The highest BCUT2D eigenvalue weighted by Crippen LogP contribution is 2.31.